The van der Waals surface area contributed by atoms with Crippen LogP contribution in [0.5, 0.6) is 0 Å². The Hall–Kier alpha value is -2.88. The number of hydrogen-bond acceptors (Lipinski definition) is 4. The number of aliphatic carboxylic acids is 1. The molecule has 4 aliphatic carbocycles. The van der Waals surface area contributed by atoms with Crippen LogP contribution < -0.4 is 0 Å². The first-order valence-electron chi connectivity index (χ1n) is 12.9. The Balaban J connectivity index is 0.000000355. The van der Waals surface area contributed by atoms with Crippen LogP contribution >= 0.6 is 0 Å². The topological polar surface area (TPSA) is 84.7 Å². The number of rotatable bonds is 4. The molecule has 1 N–H and O–H groups in total. The molecule has 0 spiro atoms. The first-order chi connectivity index (χ1) is 17.6. The lowest BCUT2D eigenvalue weighted by molar-refractivity contribution is -0.192. The van der Waals surface area contributed by atoms with Gasteiger partial charge < -0.3 is 19.3 Å². The summed E-state index contributed by atoms with van der Waals surface area (Å²) in [4.78, 5) is 29.4. The van der Waals surface area contributed by atoms with Crippen LogP contribution in [0.25, 0.3) is 0 Å². The zero-order valence-electron chi connectivity index (χ0n) is 20.6. The van der Waals surface area contributed by atoms with Gasteiger partial charge in [-0.05, 0) is 80.5 Å². The van der Waals surface area contributed by atoms with Crippen LogP contribution in [0, 0.1) is 23.2 Å². The maximum absolute atomic E-state index is 14.0. The summed E-state index contributed by atoms with van der Waals surface area (Å²) in [6, 6.07) is 10.2. The Labute approximate surface area is 213 Å². The van der Waals surface area contributed by atoms with E-state index in [1.807, 2.05) is 18.2 Å². The number of pyridine rings is 1. The van der Waals surface area contributed by atoms with Gasteiger partial charge in [-0.15, -0.1) is 0 Å². The lowest BCUT2D eigenvalue weighted by Crippen LogP contribution is -2.55. The summed E-state index contributed by atoms with van der Waals surface area (Å²) < 4.78 is 40.3. The number of aromatic nitrogens is 2. The van der Waals surface area contributed by atoms with E-state index in [9.17, 15) is 18.0 Å². The number of hydrogen-bond donors (Lipinski definition) is 1. The zero-order valence-corrected chi connectivity index (χ0v) is 20.6. The quantitative estimate of drug-likeness (QED) is 0.635. The highest BCUT2D eigenvalue weighted by atomic mass is 19.4. The molecule has 0 radical (unpaired) electrons. The van der Waals surface area contributed by atoms with Gasteiger partial charge in [0.05, 0.1) is 36.9 Å². The Morgan fingerprint density at radius 2 is 1.68 bits per heavy atom. The first-order valence-corrected chi connectivity index (χ1v) is 12.9. The molecule has 4 fully saturated rings. The molecule has 2 aromatic rings. The second kappa shape index (κ2) is 10.1. The van der Waals surface area contributed by atoms with Gasteiger partial charge in [-0.3, -0.25) is 9.78 Å². The summed E-state index contributed by atoms with van der Waals surface area (Å²) in [7, 11) is 0. The highest BCUT2D eigenvalue weighted by Crippen LogP contribution is 2.60. The molecule has 7 rings (SSSR count). The first kappa shape index (κ1) is 25.8. The normalized spacial score (nSPS) is 30.2. The molecule has 3 heterocycles. The fraction of sp³-hybridized carbons (Fsp3) is 0.593. The average molecular weight is 520 g/mol. The van der Waals surface area contributed by atoms with Crippen LogP contribution in [0.15, 0.2) is 42.7 Å². The second-order valence-corrected chi connectivity index (χ2v) is 11.1. The molecule has 7 nitrogen and oxygen atoms in total. The Morgan fingerprint density at radius 3 is 2.24 bits per heavy atom. The number of carbonyl (C=O) groups is 2. The fourth-order valence-electron chi connectivity index (χ4n) is 7.21. The Morgan fingerprint density at radius 1 is 1.03 bits per heavy atom. The van der Waals surface area contributed by atoms with Gasteiger partial charge in [0.2, 0.25) is 5.91 Å². The van der Waals surface area contributed by atoms with E-state index in [-0.39, 0.29) is 11.5 Å². The third-order valence-electron chi connectivity index (χ3n) is 8.32. The van der Waals surface area contributed by atoms with Crippen molar-refractivity contribution in [3.8, 4) is 0 Å². The number of alkyl halides is 3. The van der Waals surface area contributed by atoms with Crippen molar-refractivity contribution in [1.82, 2.24) is 14.5 Å². The number of carboxylic acid groups (broad SMARTS) is 1. The van der Waals surface area contributed by atoms with Crippen molar-refractivity contribution in [2.45, 2.75) is 70.5 Å². The van der Waals surface area contributed by atoms with Gasteiger partial charge in [-0.25, -0.2) is 4.79 Å². The van der Waals surface area contributed by atoms with Gasteiger partial charge in [0.15, 0.2) is 0 Å². The van der Waals surface area contributed by atoms with Gasteiger partial charge in [0.25, 0.3) is 0 Å². The van der Waals surface area contributed by atoms with Crippen LogP contribution in [0.1, 0.15) is 49.9 Å². The van der Waals surface area contributed by atoms with E-state index in [4.69, 9.17) is 14.6 Å². The standard InChI is InChI=1S/C25H31N3O2.C2HF3O2/c29-24(25-11-18-8-19(12-25)10-20(9-18)13-25)28-14-22-5-3-7-27(22)15-23(16-28)30-17-21-4-1-2-6-26-21;3-2(4,5)1(6)7/h1-7,18-20,23H,8-17H2;(H,6,7). The summed E-state index contributed by atoms with van der Waals surface area (Å²) in [6.07, 6.45) is 6.28. The summed E-state index contributed by atoms with van der Waals surface area (Å²) in [5.41, 5.74) is 2.06. The molecule has 37 heavy (non-hydrogen) atoms. The van der Waals surface area contributed by atoms with Gasteiger partial charge in [0.1, 0.15) is 0 Å². The minimum absolute atomic E-state index is 0.0153. The molecule has 1 atom stereocenters. The number of ether oxygens (including phenoxy) is 1. The van der Waals surface area contributed by atoms with E-state index in [2.05, 4.69) is 32.8 Å². The minimum atomic E-state index is -5.08. The highest BCUT2D eigenvalue weighted by molar-refractivity contribution is 5.83. The van der Waals surface area contributed by atoms with E-state index < -0.39 is 12.1 Å². The van der Waals surface area contributed by atoms with Crippen LogP contribution in [0.4, 0.5) is 13.2 Å². The van der Waals surface area contributed by atoms with Crippen molar-refractivity contribution < 1.29 is 32.6 Å². The molecular formula is C27H32F3N3O4. The SMILES string of the molecule is O=C(N1Cc2cccn2CC(OCc2ccccn2)C1)C12CC3CC(CC(C3)C1)C2.O=C(O)C(F)(F)F. The molecule has 2 aromatic heterocycles. The van der Waals surface area contributed by atoms with Crippen LogP contribution in [0.3, 0.4) is 0 Å². The smallest absolute Gasteiger partial charge is 0.475 e. The van der Waals surface area contributed by atoms with Crippen molar-refractivity contribution in [2.24, 2.45) is 23.2 Å². The number of nitrogens with zero attached hydrogens (tertiary/aromatic N) is 3. The molecule has 1 aliphatic heterocycles. The van der Waals surface area contributed by atoms with E-state index >= 15 is 0 Å². The van der Waals surface area contributed by atoms with Gasteiger partial charge in [-0.2, -0.15) is 13.2 Å². The number of carboxylic acids is 1. The largest absolute Gasteiger partial charge is 0.490 e. The summed E-state index contributed by atoms with van der Waals surface area (Å²) in [5, 5.41) is 7.12. The number of halogens is 3. The predicted octanol–water partition coefficient (Wildman–Crippen LogP) is 4.66. The van der Waals surface area contributed by atoms with Crippen LogP contribution in [0.2, 0.25) is 0 Å². The third-order valence-corrected chi connectivity index (χ3v) is 8.32. The van der Waals surface area contributed by atoms with Gasteiger partial charge in [-0.1, -0.05) is 6.07 Å². The summed E-state index contributed by atoms with van der Waals surface area (Å²) in [6.45, 7) is 2.66. The molecule has 5 aliphatic rings. The maximum Gasteiger partial charge on any atom is 0.490 e. The van der Waals surface area contributed by atoms with Crippen molar-refractivity contribution in [1.29, 1.82) is 0 Å². The third kappa shape index (κ3) is 5.68. The maximum atomic E-state index is 14.0. The van der Waals surface area contributed by atoms with E-state index in [0.717, 1.165) is 49.3 Å². The van der Waals surface area contributed by atoms with E-state index in [0.29, 0.717) is 25.6 Å². The molecule has 1 amide bonds. The molecular weight excluding hydrogens is 487 g/mol. The van der Waals surface area contributed by atoms with Crippen molar-refractivity contribution in [2.75, 3.05) is 6.54 Å². The number of amides is 1. The average Bonchev–Trinajstić information content (AvgIpc) is 3.19. The minimum Gasteiger partial charge on any atom is -0.475 e. The lowest BCUT2D eigenvalue weighted by Gasteiger charge is -2.56. The molecule has 4 bridgehead atoms. The molecule has 10 heteroatoms. The molecule has 1 unspecified atom stereocenters. The Kier molecular flexibility index (Phi) is 7.04. The highest BCUT2D eigenvalue weighted by Gasteiger charge is 2.55. The lowest BCUT2D eigenvalue weighted by atomic mass is 9.49. The van der Waals surface area contributed by atoms with Crippen LogP contribution in [-0.4, -0.2) is 50.3 Å². The zero-order chi connectivity index (χ0) is 26.2. The monoisotopic (exact) mass is 519 g/mol. The molecule has 0 aromatic carbocycles. The predicted molar refractivity (Wildman–Crippen MR) is 127 cm³/mol. The molecule has 4 saturated carbocycles. The van der Waals surface area contributed by atoms with E-state index in [1.54, 1.807) is 6.20 Å². The fourth-order valence-corrected chi connectivity index (χ4v) is 7.21. The second-order valence-electron chi connectivity index (χ2n) is 11.1. The van der Waals surface area contributed by atoms with Crippen molar-refractivity contribution in [3.05, 3.63) is 54.1 Å². The van der Waals surface area contributed by atoms with Gasteiger partial charge in [0, 0.05) is 24.6 Å². The summed E-state index contributed by atoms with van der Waals surface area (Å²) in [5.74, 6) is 0.00177. The van der Waals surface area contributed by atoms with Crippen molar-refractivity contribution in [3.63, 3.8) is 0 Å². The Bertz CT molecular complexity index is 1080. The van der Waals surface area contributed by atoms with E-state index in [1.165, 1.54) is 25.0 Å². The van der Waals surface area contributed by atoms with Gasteiger partial charge >= 0.3 is 12.1 Å². The number of carbonyl (C=O) groups excluding carboxylic acids is 1. The molecule has 200 valence electrons. The van der Waals surface area contributed by atoms with Crippen LogP contribution in [-0.2, 0) is 34.0 Å². The van der Waals surface area contributed by atoms with Crippen molar-refractivity contribution >= 4 is 11.9 Å². The summed E-state index contributed by atoms with van der Waals surface area (Å²) >= 11 is 0. The molecule has 0 saturated heterocycles. The number of fused-ring (bicyclic) bond motifs is 1.